The van der Waals surface area contributed by atoms with Crippen LogP contribution in [0, 0.1) is 0 Å². The summed E-state index contributed by atoms with van der Waals surface area (Å²) in [7, 11) is 1.20. The van der Waals surface area contributed by atoms with Crippen LogP contribution in [0.15, 0.2) is 18.2 Å². The van der Waals surface area contributed by atoms with Gasteiger partial charge in [0.1, 0.15) is 6.10 Å². The number of esters is 1. The first-order chi connectivity index (χ1) is 7.95. The van der Waals surface area contributed by atoms with Gasteiger partial charge in [-0.05, 0) is 18.2 Å². The number of benzene rings is 1. The molecule has 4 nitrogen and oxygen atoms in total. The predicted molar refractivity (Wildman–Crippen MR) is 64.1 cm³/mol. The Morgan fingerprint density at radius 3 is 2.65 bits per heavy atom. The number of ether oxygens (including phenoxy) is 1. The largest absolute Gasteiger partial charge is 0.469 e. The highest BCUT2D eigenvalue weighted by Gasteiger charge is 2.23. The molecule has 1 aromatic rings. The summed E-state index contributed by atoms with van der Waals surface area (Å²) in [5.41, 5.74) is 0.274. The van der Waals surface area contributed by atoms with E-state index in [0.717, 1.165) is 0 Å². The van der Waals surface area contributed by atoms with Crippen molar-refractivity contribution < 1.29 is 19.7 Å². The molecule has 6 heteroatoms. The van der Waals surface area contributed by atoms with Crippen LogP contribution in [0.25, 0.3) is 0 Å². The molecule has 0 amide bonds. The van der Waals surface area contributed by atoms with Gasteiger partial charge in [-0.3, -0.25) is 4.79 Å². The molecule has 0 spiro atoms. The number of methoxy groups -OCH3 is 1. The zero-order chi connectivity index (χ0) is 13.0. The smallest absolute Gasteiger partial charge is 0.308 e. The van der Waals surface area contributed by atoms with Gasteiger partial charge in [0.25, 0.3) is 0 Å². The molecule has 2 unspecified atom stereocenters. The average molecular weight is 279 g/mol. The van der Waals surface area contributed by atoms with E-state index in [2.05, 4.69) is 4.74 Å². The number of carbonyl (C=O) groups is 1. The molecule has 17 heavy (non-hydrogen) atoms. The molecule has 0 aromatic heterocycles. The quantitative estimate of drug-likeness (QED) is 0.827. The maximum atomic E-state index is 11.0. The van der Waals surface area contributed by atoms with Gasteiger partial charge in [0.2, 0.25) is 0 Å². The molecule has 2 atom stereocenters. The first-order valence-electron chi connectivity index (χ1n) is 4.83. The third kappa shape index (κ3) is 3.85. The number of rotatable bonds is 4. The molecule has 0 radical (unpaired) electrons. The Morgan fingerprint density at radius 1 is 1.41 bits per heavy atom. The van der Waals surface area contributed by atoms with Gasteiger partial charge >= 0.3 is 5.97 Å². The van der Waals surface area contributed by atoms with Crippen molar-refractivity contribution in [2.45, 2.75) is 18.6 Å². The second-order valence-electron chi connectivity index (χ2n) is 3.46. The molecule has 1 rings (SSSR count). The summed E-state index contributed by atoms with van der Waals surface area (Å²) in [5, 5.41) is 20.1. The van der Waals surface area contributed by atoms with E-state index in [1.165, 1.54) is 19.2 Å². The third-order valence-electron chi connectivity index (χ3n) is 2.24. The summed E-state index contributed by atoms with van der Waals surface area (Å²) in [4.78, 5) is 11.0. The molecule has 0 aliphatic heterocycles. The van der Waals surface area contributed by atoms with E-state index >= 15 is 0 Å². The summed E-state index contributed by atoms with van der Waals surface area (Å²) in [6, 6.07) is 4.51. The van der Waals surface area contributed by atoms with E-state index < -0.39 is 18.2 Å². The van der Waals surface area contributed by atoms with Crippen LogP contribution in [0.5, 0.6) is 0 Å². The molecule has 0 saturated carbocycles. The molecule has 0 fully saturated rings. The van der Waals surface area contributed by atoms with Crippen LogP contribution < -0.4 is 0 Å². The van der Waals surface area contributed by atoms with Gasteiger partial charge in [-0.1, -0.05) is 23.2 Å². The SMILES string of the molecule is COC(=O)CC(O)C(O)c1cc(Cl)ccc1Cl. The Kier molecular flexibility index (Phi) is 5.21. The molecule has 94 valence electrons. The fourth-order valence-corrected chi connectivity index (χ4v) is 1.72. The molecule has 1 aromatic carbocycles. The maximum absolute atomic E-state index is 11.0. The number of carbonyl (C=O) groups excluding carboxylic acids is 1. The highest BCUT2D eigenvalue weighted by molar-refractivity contribution is 6.33. The van der Waals surface area contributed by atoms with Gasteiger partial charge < -0.3 is 14.9 Å². The molecule has 2 N–H and O–H groups in total. The van der Waals surface area contributed by atoms with E-state index in [1.54, 1.807) is 6.07 Å². The number of aliphatic hydroxyl groups is 2. The number of aliphatic hydroxyl groups excluding tert-OH is 2. The highest BCUT2D eigenvalue weighted by Crippen LogP contribution is 2.29. The lowest BCUT2D eigenvalue weighted by molar-refractivity contribution is -0.144. The Balaban J connectivity index is 2.84. The second-order valence-corrected chi connectivity index (χ2v) is 4.30. The summed E-state index contributed by atoms with van der Waals surface area (Å²) < 4.78 is 4.39. The Morgan fingerprint density at radius 2 is 2.06 bits per heavy atom. The summed E-state index contributed by atoms with van der Waals surface area (Å²) in [5.74, 6) is -0.616. The minimum Gasteiger partial charge on any atom is -0.469 e. The van der Waals surface area contributed by atoms with Crippen LogP contribution in [-0.2, 0) is 9.53 Å². The first-order valence-corrected chi connectivity index (χ1v) is 5.59. The van der Waals surface area contributed by atoms with E-state index in [0.29, 0.717) is 5.02 Å². The van der Waals surface area contributed by atoms with Crippen molar-refractivity contribution in [3.05, 3.63) is 33.8 Å². The predicted octanol–water partition coefficient (Wildman–Crippen LogP) is 1.95. The topological polar surface area (TPSA) is 66.8 Å². The van der Waals surface area contributed by atoms with Gasteiger partial charge in [-0.2, -0.15) is 0 Å². The van der Waals surface area contributed by atoms with Crippen molar-refractivity contribution in [1.29, 1.82) is 0 Å². The summed E-state index contributed by atoms with van der Waals surface area (Å²) in [6.45, 7) is 0. The second kappa shape index (κ2) is 6.21. The highest BCUT2D eigenvalue weighted by atomic mass is 35.5. The van der Waals surface area contributed by atoms with Crippen molar-refractivity contribution >= 4 is 29.2 Å². The van der Waals surface area contributed by atoms with Gasteiger partial charge in [-0.15, -0.1) is 0 Å². The van der Waals surface area contributed by atoms with Crippen molar-refractivity contribution in [2.24, 2.45) is 0 Å². The normalized spacial score (nSPS) is 14.2. The minimum absolute atomic E-state index is 0.269. The minimum atomic E-state index is -1.29. The van der Waals surface area contributed by atoms with Crippen LogP contribution >= 0.6 is 23.2 Å². The number of hydrogen-bond donors (Lipinski definition) is 2. The van der Waals surface area contributed by atoms with Crippen LogP contribution in [0.2, 0.25) is 10.0 Å². The van der Waals surface area contributed by atoms with Gasteiger partial charge in [-0.25, -0.2) is 0 Å². The third-order valence-corrected chi connectivity index (χ3v) is 2.82. The van der Waals surface area contributed by atoms with Crippen molar-refractivity contribution in [3.63, 3.8) is 0 Å². The molecule has 0 aliphatic carbocycles. The van der Waals surface area contributed by atoms with E-state index in [9.17, 15) is 15.0 Å². The Bertz CT molecular complexity index is 408. The lowest BCUT2D eigenvalue weighted by atomic mass is 10.0. The number of hydrogen-bond acceptors (Lipinski definition) is 4. The standard InChI is InChI=1S/C11H12Cl2O4/c1-17-10(15)5-9(14)11(16)7-4-6(12)2-3-8(7)13/h2-4,9,11,14,16H,5H2,1H3. The monoisotopic (exact) mass is 278 g/mol. The zero-order valence-electron chi connectivity index (χ0n) is 9.06. The fraction of sp³-hybridized carbons (Fsp3) is 0.364. The van der Waals surface area contributed by atoms with E-state index in [4.69, 9.17) is 23.2 Å². The van der Waals surface area contributed by atoms with Gasteiger partial charge in [0.15, 0.2) is 0 Å². The summed E-state index contributed by atoms with van der Waals surface area (Å²) >= 11 is 11.6. The van der Waals surface area contributed by atoms with Crippen molar-refractivity contribution in [3.8, 4) is 0 Å². The Labute approximate surface area is 109 Å². The van der Waals surface area contributed by atoms with E-state index in [1.807, 2.05) is 0 Å². The molecule has 0 heterocycles. The maximum Gasteiger partial charge on any atom is 0.308 e. The fourth-order valence-electron chi connectivity index (χ4n) is 1.31. The molecular formula is C11H12Cl2O4. The summed E-state index contributed by atoms with van der Waals surface area (Å²) in [6.07, 6.45) is -2.90. The molecule has 0 aliphatic rings. The van der Waals surface area contributed by atoms with Crippen LogP contribution in [0.4, 0.5) is 0 Å². The molecular weight excluding hydrogens is 267 g/mol. The molecule has 0 saturated heterocycles. The van der Waals surface area contributed by atoms with Gasteiger partial charge in [0.05, 0.1) is 19.6 Å². The van der Waals surface area contributed by atoms with Crippen molar-refractivity contribution in [1.82, 2.24) is 0 Å². The van der Waals surface area contributed by atoms with Crippen LogP contribution in [0.3, 0.4) is 0 Å². The zero-order valence-corrected chi connectivity index (χ0v) is 10.6. The van der Waals surface area contributed by atoms with Crippen molar-refractivity contribution in [2.75, 3.05) is 7.11 Å². The Hall–Kier alpha value is -0.810. The lowest BCUT2D eigenvalue weighted by Crippen LogP contribution is -2.22. The molecule has 0 bridgehead atoms. The van der Waals surface area contributed by atoms with Crippen LogP contribution in [-0.4, -0.2) is 29.4 Å². The van der Waals surface area contributed by atoms with E-state index in [-0.39, 0.29) is 17.0 Å². The average Bonchev–Trinajstić information content (AvgIpc) is 2.31. The van der Waals surface area contributed by atoms with Gasteiger partial charge in [0, 0.05) is 15.6 Å². The first kappa shape index (κ1) is 14.3. The lowest BCUT2D eigenvalue weighted by Gasteiger charge is -2.18. The van der Waals surface area contributed by atoms with Crippen LogP contribution in [0.1, 0.15) is 18.1 Å². The number of halogens is 2.